The zero-order valence-electron chi connectivity index (χ0n) is 20.6. The minimum atomic E-state index is -3.87. The predicted molar refractivity (Wildman–Crippen MR) is 142 cm³/mol. The first-order chi connectivity index (χ1) is 18.7. The largest absolute Gasteiger partial charge is 0.508 e. The van der Waals surface area contributed by atoms with Crippen LogP contribution in [0, 0.1) is 0 Å². The summed E-state index contributed by atoms with van der Waals surface area (Å²) < 4.78 is 68.1. The molecular weight excluding hydrogens is 544 g/mol. The highest BCUT2D eigenvalue weighted by Gasteiger charge is 2.22. The molecule has 0 bridgehead atoms. The molecule has 39 heavy (non-hydrogen) atoms. The molecule has 0 aromatic heterocycles. The van der Waals surface area contributed by atoms with Crippen molar-refractivity contribution >= 4 is 19.7 Å². The Morgan fingerprint density at radius 3 is 1.69 bits per heavy atom. The van der Waals surface area contributed by atoms with Gasteiger partial charge in [0.25, 0.3) is 0 Å². The summed E-state index contributed by atoms with van der Waals surface area (Å²) >= 11 is 0. The van der Waals surface area contributed by atoms with E-state index in [0.717, 1.165) is 0 Å². The molecule has 11 heteroatoms. The topological polar surface area (TPSA) is 136 Å². The minimum Gasteiger partial charge on any atom is -0.508 e. The van der Waals surface area contributed by atoms with Crippen LogP contribution >= 0.6 is 0 Å². The highest BCUT2D eigenvalue weighted by atomic mass is 32.2. The van der Waals surface area contributed by atoms with E-state index in [2.05, 4.69) is 0 Å². The summed E-state index contributed by atoms with van der Waals surface area (Å²) in [7, 11) is -7.71. The molecule has 0 radical (unpaired) electrons. The van der Waals surface area contributed by atoms with E-state index in [9.17, 15) is 27.0 Å². The number of rotatable bonds is 12. The Kier molecular flexibility index (Phi) is 8.75. The van der Waals surface area contributed by atoms with Gasteiger partial charge >= 0.3 is 0 Å². The smallest absolute Gasteiger partial charge is 0.210 e. The number of sulfone groups is 2. The fourth-order valence-corrected chi connectivity index (χ4v) is 6.35. The van der Waals surface area contributed by atoms with Crippen molar-refractivity contribution < 1.29 is 41.3 Å². The third kappa shape index (κ3) is 6.69. The monoisotopic (exact) mass is 570 g/mol. The quantitative estimate of drug-likeness (QED) is 0.240. The maximum Gasteiger partial charge on any atom is 0.210 e. The summed E-state index contributed by atoms with van der Waals surface area (Å²) in [6, 6.07) is 23.1. The van der Waals surface area contributed by atoms with Crippen molar-refractivity contribution in [3.8, 4) is 23.0 Å². The molecule has 0 aliphatic carbocycles. The lowest BCUT2D eigenvalue weighted by Crippen LogP contribution is -2.13. The number of hydrogen-bond acceptors (Lipinski definition) is 9. The normalized spacial score (nSPS) is 11.7. The van der Waals surface area contributed by atoms with Crippen LogP contribution < -0.4 is 9.47 Å². The molecule has 0 heterocycles. The van der Waals surface area contributed by atoms with E-state index >= 15 is 0 Å². The highest BCUT2D eigenvalue weighted by Crippen LogP contribution is 2.31. The van der Waals surface area contributed by atoms with Gasteiger partial charge < -0.3 is 24.4 Å². The Labute approximate surface area is 226 Å². The maximum atomic E-state index is 13.0. The number of phenols is 2. The third-order valence-electron chi connectivity index (χ3n) is 5.56. The molecule has 0 saturated heterocycles. The third-order valence-corrected chi connectivity index (χ3v) is 9.18. The van der Waals surface area contributed by atoms with Crippen molar-refractivity contribution in [1.82, 2.24) is 0 Å². The standard InChI is InChI=1S/C28H26O9S2/c29-21-9-13-23(14-10-21)39(33,34)28-8-4-2-6-26(28)37-20-18-35-17-19-36-22-11-15-24(16-12-22)38(31,32)27-7-3-1-5-25(27)30/h1-16,29-30H,17-20H2. The van der Waals surface area contributed by atoms with Gasteiger partial charge in [0.15, 0.2) is 0 Å². The van der Waals surface area contributed by atoms with E-state index in [1.54, 1.807) is 24.3 Å². The van der Waals surface area contributed by atoms with Crippen molar-refractivity contribution in [2.45, 2.75) is 19.6 Å². The van der Waals surface area contributed by atoms with Crippen LogP contribution in [0.4, 0.5) is 0 Å². The van der Waals surface area contributed by atoms with Gasteiger partial charge in [-0.15, -0.1) is 0 Å². The van der Waals surface area contributed by atoms with E-state index in [-0.39, 0.29) is 63.3 Å². The summed E-state index contributed by atoms with van der Waals surface area (Å²) in [5.41, 5.74) is 0. The fraction of sp³-hybridized carbons (Fsp3) is 0.143. The van der Waals surface area contributed by atoms with E-state index in [0.29, 0.717) is 5.75 Å². The molecule has 0 fully saturated rings. The van der Waals surface area contributed by atoms with Crippen LogP contribution in [-0.4, -0.2) is 53.5 Å². The number of hydrogen-bond donors (Lipinski definition) is 2. The minimum absolute atomic E-state index is 0.00645. The average Bonchev–Trinajstić information content (AvgIpc) is 2.93. The lowest BCUT2D eigenvalue weighted by atomic mass is 10.3. The molecule has 2 N–H and O–H groups in total. The molecule has 4 aromatic carbocycles. The molecule has 0 saturated carbocycles. The second-order valence-electron chi connectivity index (χ2n) is 8.20. The molecule has 204 valence electrons. The Balaban J connectivity index is 1.24. The number of ether oxygens (including phenoxy) is 3. The van der Waals surface area contributed by atoms with Gasteiger partial charge in [-0.3, -0.25) is 0 Å². The first-order valence-electron chi connectivity index (χ1n) is 11.8. The number of aromatic hydroxyl groups is 2. The van der Waals surface area contributed by atoms with E-state index in [1.165, 1.54) is 72.8 Å². The van der Waals surface area contributed by atoms with Gasteiger partial charge in [0, 0.05) is 0 Å². The number of phenolic OH excluding ortho intramolecular Hbond substituents is 2. The number of benzene rings is 4. The number of para-hydroxylation sites is 2. The van der Waals surface area contributed by atoms with Crippen LogP contribution in [0.15, 0.2) is 117 Å². The summed E-state index contributed by atoms with van der Waals surface area (Å²) in [6.45, 7) is 0.682. The molecule has 0 aliphatic heterocycles. The van der Waals surface area contributed by atoms with Crippen molar-refractivity contribution in [2.75, 3.05) is 26.4 Å². The van der Waals surface area contributed by atoms with E-state index < -0.39 is 19.7 Å². The van der Waals surface area contributed by atoms with Crippen LogP contribution in [0.2, 0.25) is 0 Å². The molecule has 4 rings (SSSR count). The average molecular weight is 571 g/mol. The summed E-state index contributed by atoms with van der Waals surface area (Å²) in [5, 5.41) is 19.3. The molecular formula is C28H26O9S2. The molecule has 0 spiro atoms. The first-order valence-corrected chi connectivity index (χ1v) is 14.8. The highest BCUT2D eigenvalue weighted by molar-refractivity contribution is 7.92. The van der Waals surface area contributed by atoms with Crippen molar-refractivity contribution in [1.29, 1.82) is 0 Å². The van der Waals surface area contributed by atoms with Crippen LogP contribution in [0.1, 0.15) is 0 Å². The lowest BCUT2D eigenvalue weighted by Gasteiger charge is -2.13. The Morgan fingerprint density at radius 2 is 1.05 bits per heavy atom. The van der Waals surface area contributed by atoms with Gasteiger partial charge in [-0.1, -0.05) is 24.3 Å². The second-order valence-corrected chi connectivity index (χ2v) is 12.0. The zero-order chi connectivity index (χ0) is 27.9. The molecule has 0 amide bonds. The lowest BCUT2D eigenvalue weighted by molar-refractivity contribution is 0.0757. The second kappa shape index (κ2) is 12.2. The van der Waals surface area contributed by atoms with Gasteiger partial charge in [-0.25, -0.2) is 16.8 Å². The zero-order valence-corrected chi connectivity index (χ0v) is 22.3. The van der Waals surface area contributed by atoms with Crippen LogP contribution in [0.3, 0.4) is 0 Å². The van der Waals surface area contributed by atoms with Gasteiger partial charge in [-0.2, -0.15) is 0 Å². The molecule has 0 aliphatic rings. The molecule has 4 aromatic rings. The molecule has 0 atom stereocenters. The van der Waals surface area contributed by atoms with E-state index in [4.69, 9.17) is 14.2 Å². The molecule has 9 nitrogen and oxygen atoms in total. The van der Waals surface area contributed by atoms with Crippen molar-refractivity contribution in [3.05, 3.63) is 97.1 Å². The van der Waals surface area contributed by atoms with Gasteiger partial charge in [-0.05, 0) is 72.8 Å². The predicted octanol–water partition coefficient (Wildman–Crippen LogP) is 4.24. The van der Waals surface area contributed by atoms with E-state index in [1.807, 2.05) is 0 Å². The fourth-order valence-electron chi connectivity index (χ4n) is 3.60. The van der Waals surface area contributed by atoms with Crippen LogP contribution in [0.25, 0.3) is 0 Å². The Bertz CT molecular complexity index is 1610. The van der Waals surface area contributed by atoms with Crippen molar-refractivity contribution in [3.63, 3.8) is 0 Å². The first kappa shape index (κ1) is 28.0. The maximum absolute atomic E-state index is 13.0. The summed E-state index contributed by atoms with van der Waals surface area (Å²) in [4.78, 5) is -0.104. The summed E-state index contributed by atoms with van der Waals surface area (Å²) in [5.74, 6) is 0.277. The Hall–Kier alpha value is -4.06. The van der Waals surface area contributed by atoms with Gasteiger partial charge in [0.1, 0.15) is 46.0 Å². The summed E-state index contributed by atoms with van der Waals surface area (Å²) in [6.07, 6.45) is 0. The molecule has 0 unspecified atom stereocenters. The van der Waals surface area contributed by atoms with Gasteiger partial charge in [0.05, 0.1) is 23.0 Å². The Morgan fingerprint density at radius 1 is 0.538 bits per heavy atom. The van der Waals surface area contributed by atoms with Crippen LogP contribution in [-0.2, 0) is 24.4 Å². The van der Waals surface area contributed by atoms with Crippen molar-refractivity contribution in [2.24, 2.45) is 0 Å². The van der Waals surface area contributed by atoms with Crippen LogP contribution in [0.5, 0.6) is 23.0 Å². The van der Waals surface area contributed by atoms with Gasteiger partial charge in [0.2, 0.25) is 19.7 Å². The SMILES string of the molecule is O=S(=O)(c1ccc(OCCOCCOc2ccccc2S(=O)(=O)c2ccc(O)cc2)cc1)c1ccccc1O.